The Bertz CT molecular complexity index is 99.9. The third-order valence-electron chi connectivity index (χ3n) is 0.830. The molecule has 0 aromatic rings. The van der Waals surface area contributed by atoms with Crippen molar-refractivity contribution in [2.45, 2.75) is 40.5 Å². The monoisotopic (exact) mass is 174 g/mol. The van der Waals surface area contributed by atoms with Crippen molar-refractivity contribution in [3.8, 4) is 0 Å². The van der Waals surface area contributed by atoms with Crippen LogP contribution in [0.15, 0.2) is 0 Å². The summed E-state index contributed by atoms with van der Waals surface area (Å²) in [6.07, 6.45) is 2.09. The Balaban J connectivity index is 0. The summed E-state index contributed by atoms with van der Waals surface area (Å²) < 4.78 is 0. The number of hydrogen-bond acceptors (Lipinski definition) is 1. The number of amides is 2. The Morgan fingerprint density at radius 3 is 2.08 bits per heavy atom. The van der Waals surface area contributed by atoms with Gasteiger partial charge >= 0.3 is 6.03 Å². The van der Waals surface area contributed by atoms with Crippen LogP contribution in [0.2, 0.25) is 0 Å². The van der Waals surface area contributed by atoms with Crippen LogP contribution in [0.4, 0.5) is 4.79 Å². The van der Waals surface area contributed by atoms with Gasteiger partial charge in [0.15, 0.2) is 0 Å². The molecule has 0 saturated heterocycles. The zero-order valence-corrected chi connectivity index (χ0v) is 8.68. The summed E-state index contributed by atoms with van der Waals surface area (Å²) in [5.41, 5.74) is 4.78. The summed E-state index contributed by atoms with van der Waals surface area (Å²) in [6.45, 7) is 9.26. The average molecular weight is 174 g/mol. The summed E-state index contributed by atoms with van der Waals surface area (Å²) >= 11 is 0. The molecule has 3 N–H and O–H groups in total. The van der Waals surface area contributed by atoms with E-state index in [1.54, 1.807) is 0 Å². The lowest BCUT2D eigenvalue weighted by atomic mass is 10.3. The Morgan fingerprint density at radius 2 is 1.83 bits per heavy atom. The molecule has 0 bridgehead atoms. The van der Waals surface area contributed by atoms with Gasteiger partial charge in [0.25, 0.3) is 0 Å². The summed E-state index contributed by atoms with van der Waals surface area (Å²) in [7, 11) is 0. The highest BCUT2D eigenvalue weighted by atomic mass is 16.2. The van der Waals surface area contributed by atoms with Gasteiger partial charge in [0.2, 0.25) is 0 Å². The normalized spacial score (nSPS) is 8.75. The van der Waals surface area contributed by atoms with Gasteiger partial charge in [-0.05, 0) is 12.3 Å². The molecule has 3 nitrogen and oxygen atoms in total. The fourth-order valence-corrected chi connectivity index (χ4v) is 0.388. The van der Waals surface area contributed by atoms with E-state index in [0.29, 0.717) is 6.54 Å². The number of urea groups is 1. The number of primary amides is 1. The molecular formula is C9H22N2O. The number of rotatable bonds is 3. The van der Waals surface area contributed by atoms with Crippen molar-refractivity contribution in [1.82, 2.24) is 5.32 Å². The largest absolute Gasteiger partial charge is 0.352 e. The molecule has 3 heteroatoms. The van der Waals surface area contributed by atoms with Crippen molar-refractivity contribution in [3.05, 3.63) is 0 Å². The minimum Gasteiger partial charge on any atom is -0.352 e. The van der Waals surface area contributed by atoms with Crippen LogP contribution in [0.3, 0.4) is 0 Å². The van der Waals surface area contributed by atoms with Gasteiger partial charge in [-0.15, -0.1) is 0 Å². The van der Waals surface area contributed by atoms with Crippen molar-refractivity contribution in [2.24, 2.45) is 11.7 Å². The van der Waals surface area contributed by atoms with Crippen molar-refractivity contribution in [2.75, 3.05) is 6.54 Å². The van der Waals surface area contributed by atoms with Crippen LogP contribution in [-0.2, 0) is 0 Å². The van der Waals surface area contributed by atoms with Crippen LogP contribution >= 0.6 is 0 Å². The minimum atomic E-state index is -0.432. The average Bonchev–Trinajstić information content (AvgIpc) is 1.86. The standard InChI is InChI=1S/C5H12N2O.C4H10/c1-2-3-4-7-5(6)8;1-4(2)3/h2-4H2,1H3,(H3,6,7,8);4H,1-3H3. The lowest BCUT2D eigenvalue weighted by Gasteiger charge is -1.96. The highest BCUT2D eigenvalue weighted by molar-refractivity contribution is 5.71. The van der Waals surface area contributed by atoms with Crippen LogP contribution in [0, 0.1) is 5.92 Å². The Morgan fingerprint density at radius 1 is 1.42 bits per heavy atom. The lowest BCUT2D eigenvalue weighted by Crippen LogP contribution is -2.29. The van der Waals surface area contributed by atoms with E-state index in [-0.39, 0.29) is 0 Å². The molecule has 0 saturated carbocycles. The molecule has 12 heavy (non-hydrogen) atoms. The van der Waals surface area contributed by atoms with Gasteiger partial charge in [-0.2, -0.15) is 0 Å². The van der Waals surface area contributed by atoms with Gasteiger partial charge in [0.05, 0.1) is 0 Å². The Labute approximate surface area is 75.7 Å². The van der Waals surface area contributed by atoms with Crippen LogP contribution < -0.4 is 11.1 Å². The summed E-state index contributed by atoms with van der Waals surface area (Å²) in [5, 5.41) is 2.49. The van der Waals surface area contributed by atoms with Crippen LogP contribution in [0.5, 0.6) is 0 Å². The van der Waals surface area contributed by atoms with E-state index in [1.165, 1.54) is 0 Å². The van der Waals surface area contributed by atoms with Gasteiger partial charge < -0.3 is 11.1 Å². The first-order valence-corrected chi connectivity index (χ1v) is 4.54. The summed E-state index contributed by atoms with van der Waals surface area (Å²) in [6, 6.07) is -0.432. The first-order chi connectivity index (χ1) is 5.50. The molecule has 0 aliphatic heterocycles. The van der Waals surface area contributed by atoms with E-state index in [2.05, 4.69) is 33.0 Å². The van der Waals surface area contributed by atoms with Crippen LogP contribution in [0.25, 0.3) is 0 Å². The highest BCUT2D eigenvalue weighted by Gasteiger charge is 1.86. The van der Waals surface area contributed by atoms with E-state index >= 15 is 0 Å². The van der Waals surface area contributed by atoms with E-state index in [9.17, 15) is 4.79 Å². The molecule has 0 aliphatic carbocycles. The fourth-order valence-electron chi connectivity index (χ4n) is 0.388. The maximum Gasteiger partial charge on any atom is 0.312 e. The lowest BCUT2D eigenvalue weighted by molar-refractivity contribution is 0.249. The number of nitrogens with two attached hydrogens (primary N) is 1. The molecule has 2 amide bonds. The maximum absolute atomic E-state index is 9.99. The van der Waals surface area contributed by atoms with Gasteiger partial charge in [-0.3, -0.25) is 0 Å². The zero-order valence-electron chi connectivity index (χ0n) is 8.68. The molecule has 0 radical (unpaired) electrons. The fraction of sp³-hybridized carbons (Fsp3) is 0.889. The maximum atomic E-state index is 9.99. The molecule has 0 unspecified atom stereocenters. The second kappa shape index (κ2) is 10.3. The number of nitrogens with one attached hydrogen (secondary N) is 1. The topological polar surface area (TPSA) is 55.1 Å². The minimum absolute atomic E-state index is 0.432. The highest BCUT2D eigenvalue weighted by Crippen LogP contribution is 1.81. The molecular weight excluding hydrogens is 152 g/mol. The second-order valence-corrected chi connectivity index (χ2v) is 3.38. The number of carbonyl (C=O) groups excluding carboxylic acids is 1. The Kier molecular flexibility index (Phi) is 11.8. The van der Waals surface area contributed by atoms with E-state index in [4.69, 9.17) is 5.73 Å². The number of carbonyl (C=O) groups is 1. The molecule has 0 spiro atoms. The molecule has 0 aromatic carbocycles. The summed E-state index contributed by atoms with van der Waals surface area (Å²) in [5.74, 6) is 0.833. The van der Waals surface area contributed by atoms with Crippen molar-refractivity contribution >= 4 is 6.03 Å². The van der Waals surface area contributed by atoms with Crippen LogP contribution in [0.1, 0.15) is 40.5 Å². The molecule has 0 fully saturated rings. The van der Waals surface area contributed by atoms with E-state index in [1.807, 2.05) is 0 Å². The smallest absolute Gasteiger partial charge is 0.312 e. The van der Waals surface area contributed by atoms with Gasteiger partial charge in [0.1, 0.15) is 0 Å². The predicted octanol–water partition coefficient (Wildman–Crippen LogP) is 2.12. The van der Waals surface area contributed by atoms with Crippen molar-refractivity contribution in [3.63, 3.8) is 0 Å². The van der Waals surface area contributed by atoms with Gasteiger partial charge in [-0.1, -0.05) is 34.1 Å². The Hall–Kier alpha value is -0.730. The van der Waals surface area contributed by atoms with E-state index < -0.39 is 6.03 Å². The molecule has 0 aromatic heterocycles. The van der Waals surface area contributed by atoms with Gasteiger partial charge in [-0.25, -0.2) is 4.79 Å². The third kappa shape index (κ3) is 34.8. The molecule has 0 rings (SSSR count). The SMILES string of the molecule is CC(C)C.CCCCNC(N)=O. The molecule has 74 valence electrons. The van der Waals surface area contributed by atoms with Gasteiger partial charge in [0, 0.05) is 6.54 Å². The van der Waals surface area contributed by atoms with Crippen molar-refractivity contribution in [1.29, 1.82) is 0 Å². The molecule has 0 aliphatic rings. The third-order valence-corrected chi connectivity index (χ3v) is 0.830. The number of hydrogen-bond donors (Lipinski definition) is 2. The molecule has 0 heterocycles. The first-order valence-electron chi connectivity index (χ1n) is 4.54. The van der Waals surface area contributed by atoms with Crippen molar-refractivity contribution < 1.29 is 4.79 Å². The quantitative estimate of drug-likeness (QED) is 0.633. The van der Waals surface area contributed by atoms with E-state index in [0.717, 1.165) is 18.8 Å². The predicted molar refractivity (Wildman–Crippen MR) is 53.0 cm³/mol. The van der Waals surface area contributed by atoms with Crippen LogP contribution in [-0.4, -0.2) is 12.6 Å². The summed E-state index contributed by atoms with van der Waals surface area (Å²) in [4.78, 5) is 9.99. The first kappa shape index (κ1) is 13.8. The zero-order chi connectivity index (χ0) is 9.98. The molecule has 0 atom stereocenters. The number of unbranched alkanes of at least 4 members (excludes halogenated alkanes) is 1. The second-order valence-electron chi connectivity index (χ2n) is 3.38.